The molecule has 0 spiro atoms. The number of fused-ring (bicyclic) bond motifs is 2. The fourth-order valence-electron chi connectivity index (χ4n) is 4.93. The quantitative estimate of drug-likeness (QED) is 0.274. The minimum atomic E-state index is -0.750. The lowest BCUT2D eigenvalue weighted by molar-refractivity contribution is 0.114. The second-order valence-electron chi connectivity index (χ2n) is 8.64. The van der Waals surface area contributed by atoms with Gasteiger partial charge in [-0.15, -0.1) is 24.0 Å². The molecule has 0 aromatic heterocycles. The molecule has 3 atom stereocenters. The van der Waals surface area contributed by atoms with E-state index >= 15 is 0 Å². The molecule has 0 radical (unpaired) electrons. The zero-order valence-electron chi connectivity index (χ0n) is 18.6. The van der Waals surface area contributed by atoms with E-state index in [4.69, 9.17) is 0 Å². The number of hydrogen-bond acceptors (Lipinski definition) is 3. The average molecular weight is 552 g/mol. The van der Waals surface area contributed by atoms with Crippen molar-refractivity contribution in [1.82, 2.24) is 15.5 Å². The van der Waals surface area contributed by atoms with Crippen LogP contribution in [0.3, 0.4) is 0 Å². The maximum atomic E-state index is 13.1. The predicted molar refractivity (Wildman–Crippen MR) is 138 cm³/mol. The SMILES string of the molecule is CCNC(=NCC(O)c1ccc(F)cc1)NC1CC2CCC(C1)N2Cc1ccccc1.I. The van der Waals surface area contributed by atoms with Crippen LogP contribution < -0.4 is 10.6 Å². The summed E-state index contributed by atoms with van der Waals surface area (Å²) in [6, 6.07) is 18.3. The first-order valence-electron chi connectivity index (χ1n) is 11.4. The molecular formula is C25H34FIN4O. The van der Waals surface area contributed by atoms with Crippen molar-refractivity contribution in [2.75, 3.05) is 13.1 Å². The van der Waals surface area contributed by atoms with Crippen LogP contribution in [0.5, 0.6) is 0 Å². The summed E-state index contributed by atoms with van der Waals surface area (Å²) < 4.78 is 13.1. The molecule has 2 aromatic carbocycles. The Balaban J connectivity index is 0.00000289. The smallest absolute Gasteiger partial charge is 0.191 e. The molecule has 2 bridgehead atoms. The van der Waals surface area contributed by atoms with Crippen molar-refractivity contribution in [2.24, 2.45) is 4.99 Å². The van der Waals surface area contributed by atoms with Crippen LogP contribution in [0.4, 0.5) is 4.39 Å². The Morgan fingerprint density at radius 3 is 2.38 bits per heavy atom. The molecule has 2 aromatic rings. The third-order valence-electron chi connectivity index (χ3n) is 6.45. The monoisotopic (exact) mass is 552 g/mol. The zero-order valence-corrected chi connectivity index (χ0v) is 20.9. The number of guanidine groups is 1. The minimum Gasteiger partial charge on any atom is -0.386 e. The number of aliphatic hydroxyl groups excluding tert-OH is 1. The largest absolute Gasteiger partial charge is 0.386 e. The second-order valence-corrected chi connectivity index (χ2v) is 8.64. The van der Waals surface area contributed by atoms with Crippen LogP contribution >= 0.6 is 24.0 Å². The van der Waals surface area contributed by atoms with E-state index in [0.29, 0.717) is 23.7 Å². The highest BCUT2D eigenvalue weighted by atomic mass is 127. The van der Waals surface area contributed by atoms with Gasteiger partial charge in [-0.25, -0.2) is 4.39 Å². The molecule has 32 heavy (non-hydrogen) atoms. The lowest BCUT2D eigenvalue weighted by Crippen LogP contribution is -2.52. The number of piperidine rings is 1. The highest BCUT2D eigenvalue weighted by molar-refractivity contribution is 14.0. The van der Waals surface area contributed by atoms with Crippen molar-refractivity contribution in [3.05, 3.63) is 71.5 Å². The van der Waals surface area contributed by atoms with Crippen molar-refractivity contribution >= 4 is 29.9 Å². The molecule has 4 rings (SSSR count). The van der Waals surface area contributed by atoms with Crippen LogP contribution in [-0.4, -0.2) is 47.2 Å². The Bertz CT molecular complexity index is 850. The summed E-state index contributed by atoms with van der Waals surface area (Å²) in [4.78, 5) is 7.28. The molecule has 2 heterocycles. The van der Waals surface area contributed by atoms with Crippen LogP contribution in [0.15, 0.2) is 59.6 Å². The summed E-state index contributed by atoms with van der Waals surface area (Å²) in [6.07, 6.45) is 3.97. The lowest BCUT2D eigenvalue weighted by Gasteiger charge is -2.39. The Labute approximate surface area is 207 Å². The van der Waals surface area contributed by atoms with Crippen molar-refractivity contribution in [3.8, 4) is 0 Å². The molecule has 0 amide bonds. The van der Waals surface area contributed by atoms with E-state index in [-0.39, 0.29) is 36.3 Å². The predicted octanol–water partition coefficient (Wildman–Crippen LogP) is 4.23. The van der Waals surface area contributed by atoms with Gasteiger partial charge in [-0.05, 0) is 55.9 Å². The lowest BCUT2D eigenvalue weighted by atomic mass is 9.96. The maximum Gasteiger partial charge on any atom is 0.191 e. The van der Waals surface area contributed by atoms with Gasteiger partial charge in [0.2, 0.25) is 0 Å². The van der Waals surface area contributed by atoms with Gasteiger partial charge in [-0.2, -0.15) is 0 Å². The van der Waals surface area contributed by atoms with Crippen LogP contribution in [-0.2, 0) is 6.54 Å². The minimum absolute atomic E-state index is 0. The molecule has 7 heteroatoms. The van der Waals surface area contributed by atoms with E-state index in [1.807, 2.05) is 6.92 Å². The Kier molecular flexibility index (Phi) is 9.31. The van der Waals surface area contributed by atoms with Gasteiger partial charge in [0.25, 0.3) is 0 Å². The van der Waals surface area contributed by atoms with Gasteiger partial charge in [0.15, 0.2) is 5.96 Å². The summed E-state index contributed by atoms with van der Waals surface area (Å²) in [6.45, 7) is 4.07. The van der Waals surface area contributed by atoms with E-state index in [1.54, 1.807) is 12.1 Å². The topological polar surface area (TPSA) is 59.9 Å². The van der Waals surface area contributed by atoms with Gasteiger partial charge >= 0.3 is 0 Å². The van der Waals surface area contributed by atoms with Crippen LogP contribution in [0, 0.1) is 5.82 Å². The second kappa shape index (κ2) is 12.0. The highest BCUT2D eigenvalue weighted by Crippen LogP contribution is 2.36. The van der Waals surface area contributed by atoms with Gasteiger partial charge in [0.1, 0.15) is 5.82 Å². The number of nitrogens with zero attached hydrogens (tertiary/aromatic N) is 2. The third-order valence-corrected chi connectivity index (χ3v) is 6.45. The van der Waals surface area contributed by atoms with Crippen LogP contribution in [0.2, 0.25) is 0 Å². The summed E-state index contributed by atoms with van der Waals surface area (Å²) in [5, 5.41) is 17.3. The first-order chi connectivity index (χ1) is 15.1. The molecule has 174 valence electrons. The molecule has 3 unspecified atom stereocenters. The molecule has 2 fully saturated rings. The van der Waals surface area contributed by atoms with Gasteiger partial charge < -0.3 is 15.7 Å². The van der Waals surface area contributed by atoms with Crippen LogP contribution in [0.1, 0.15) is 49.8 Å². The molecule has 3 N–H and O–H groups in total. The molecule has 0 saturated carbocycles. The van der Waals surface area contributed by atoms with Gasteiger partial charge in [-0.3, -0.25) is 9.89 Å². The van der Waals surface area contributed by atoms with E-state index in [9.17, 15) is 9.50 Å². The first-order valence-corrected chi connectivity index (χ1v) is 11.4. The number of rotatable bonds is 7. The number of benzene rings is 2. The van der Waals surface area contributed by atoms with Gasteiger partial charge in [-0.1, -0.05) is 42.5 Å². The molecular weight excluding hydrogens is 518 g/mol. The zero-order chi connectivity index (χ0) is 21.6. The standard InChI is InChI=1S/C25H33FN4O.HI/c1-2-27-25(28-16-24(31)19-8-10-20(26)11-9-19)29-21-14-22-12-13-23(15-21)30(22)17-18-6-4-3-5-7-18;/h3-11,21-24,31H,2,12-17H2,1H3,(H2,27,28,29);1H. The summed E-state index contributed by atoms with van der Waals surface area (Å²) in [7, 11) is 0. The van der Waals surface area contributed by atoms with Crippen molar-refractivity contribution in [1.29, 1.82) is 0 Å². The molecule has 0 aliphatic carbocycles. The molecule has 2 aliphatic rings. The van der Waals surface area contributed by atoms with E-state index in [2.05, 4.69) is 50.9 Å². The fraction of sp³-hybridized carbons (Fsp3) is 0.480. The van der Waals surface area contributed by atoms with E-state index in [1.165, 1.54) is 30.5 Å². The number of aliphatic hydroxyl groups is 1. The van der Waals surface area contributed by atoms with E-state index < -0.39 is 6.10 Å². The number of halogens is 2. The Morgan fingerprint density at radius 1 is 1.09 bits per heavy atom. The highest BCUT2D eigenvalue weighted by Gasteiger charge is 2.40. The normalized spacial score (nSPS) is 24.0. The third kappa shape index (κ3) is 6.42. The summed E-state index contributed by atoms with van der Waals surface area (Å²) >= 11 is 0. The van der Waals surface area contributed by atoms with Gasteiger partial charge in [0.05, 0.1) is 12.6 Å². The van der Waals surface area contributed by atoms with E-state index in [0.717, 1.165) is 31.9 Å². The number of nitrogens with one attached hydrogen (secondary N) is 2. The first kappa shape index (κ1) is 24.9. The van der Waals surface area contributed by atoms with Gasteiger partial charge in [0, 0.05) is 31.2 Å². The molecule has 5 nitrogen and oxygen atoms in total. The van der Waals surface area contributed by atoms with Crippen molar-refractivity contribution in [3.63, 3.8) is 0 Å². The Morgan fingerprint density at radius 2 is 1.75 bits per heavy atom. The number of aliphatic imine (C=N–C) groups is 1. The average Bonchev–Trinajstić information content (AvgIpc) is 3.01. The molecule has 2 aliphatic heterocycles. The molecule has 2 saturated heterocycles. The summed E-state index contributed by atoms with van der Waals surface area (Å²) in [5.74, 6) is 0.437. The Hall–Kier alpha value is -1.71. The van der Waals surface area contributed by atoms with Crippen molar-refractivity contribution < 1.29 is 9.50 Å². The fourth-order valence-corrected chi connectivity index (χ4v) is 4.93. The van der Waals surface area contributed by atoms with Crippen LogP contribution in [0.25, 0.3) is 0 Å². The van der Waals surface area contributed by atoms with Crippen molar-refractivity contribution in [2.45, 2.75) is 63.4 Å². The summed E-state index contributed by atoms with van der Waals surface area (Å²) in [5.41, 5.74) is 2.06. The maximum absolute atomic E-state index is 13.1. The number of hydrogen-bond donors (Lipinski definition) is 3.